The number of hydrogen-bond donors (Lipinski definition) is 3. The maximum atomic E-state index is 5.77. The van der Waals surface area contributed by atoms with E-state index in [0.29, 0.717) is 10.4 Å². The highest BCUT2D eigenvalue weighted by Gasteiger charge is 2.02. The largest absolute Gasteiger partial charge is 0.363 e. The molecule has 0 radical (unpaired) electrons. The summed E-state index contributed by atoms with van der Waals surface area (Å²) in [5.74, 6) is 0. The number of fused-ring (bicyclic) bond motifs is 1. The quantitative estimate of drug-likeness (QED) is 0.721. The number of nitrogens with one attached hydrogen (secondary N) is 3. The van der Waals surface area contributed by atoms with E-state index in [1.165, 1.54) is 0 Å². The van der Waals surface area contributed by atoms with Gasteiger partial charge in [-0.25, -0.2) is 4.98 Å². The van der Waals surface area contributed by atoms with Crippen molar-refractivity contribution < 1.29 is 0 Å². The Morgan fingerprint density at radius 3 is 3.12 bits per heavy atom. The summed E-state index contributed by atoms with van der Waals surface area (Å²) in [4.78, 5) is 7.06. The van der Waals surface area contributed by atoms with Crippen LogP contribution in [0.15, 0.2) is 18.2 Å². The van der Waals surface area contributed by atoms with Crippen LogP contribution in [-0.4, -0.2) is 21.6 Å². The Labute approximate surface area is 103 Å². The first kappa shape index (κ1) is 11.2. The van der Waals surface area contributed by atoms with Crippen LogP contribution in [0.3, 0.4) is 0 Å². The SMILES string of the molecule is CCNC(=S)Nc1ccc2nc(Cl)[nH]c2c1. The summed E-state index contributed by atoms with van der Waals surface area (Å²) in [6.45, 7) is 2.79. The maximum absolute atomic E-state index is 5.77. The second-order valence-electron chi connectivity index (χ2n) is 3.24. The van der Waals surface area contributed by atoms with Crippen molar-refractivity contribution in [3.63, 3.8) is 0 Å². The highest BCUT2D eigenvalue weighted by Crippen LogP contribution is 2.18. The molecule has 1 aromatic carbocycles. The van der Waals surface area contributed by atoms with Crippen LogP contribution in [0, 0.1) is 0 Å². The summed E-state index contributed by atoms with van der Waals surface area (Å²) in [7, 11) is 0. The van der Waals surface area contributed by atoms with E-state index in [-0.39, 0.29) is 0 Å². The lowest BCUT2D eigenvalue weighted by Crippen LogP contribution is -2.27. The van der Waals surface area contributed by atoms with Crippen molar-refractivity contribution in [2.45, 2.75) is 6.92 Å². The molecule has 3 N–H and O–H groups in total. The summed E-state index contributed by atoms with van der Waals surface area (Å²) >= 11 is 10.9. The van der Waals surface area contributed by atoms with E-state index in [0.717, 1.165) is 23.3 Å². The van der Waals surface area contributed by atoms with Gasteiger partial charge in [-0.3, -0.25) is 0 Å². The standard InChI is InChI=1S/C10H11ClN4S/c1-2-12-10(16)13-6-3-4-7-8(5-6)15-9(11)14-7/h3-5H,2H2,1H3,(H,14,15)(H2,12,13,16). The van der Waals surface area contributed by atoms with E-state index in [1.807, 2.05) is 25.1 Å². The molecule has 0 saturated carbocycles. The lowest BCUT2D eigenvalue weighted by atomic mass is 10.3. The van der Waals surface area contributed by atoms with Crippen molar-refractivity contribution in [3.8, 4) is 0 Å². The number of aromatic amines is 1. The molecule has 0 amide bonds. The summed E-state index contributed by atoms with van der Waals surface area (Å²) in [6.07, 6.45) is 0. The molecule has 0 aliphatic carbocycles. The highest BCUT2D eigenvalue weighted by atomic mass is 35.5. The topological polar surface area (TPSA) is 52.7 Å². The number of nitrogens with zero attached hydrogens (tertiary/aromatic N) is 1. The molecule has 0 atom stereocenters. The molecular formula is C10H11ClN4S. The zero-order chi connectivity index (χ0) is 11.5. The van der Waals surface area contributed by atoms with Gasteiger partial charge in [-0.2, -0.15) is 0 Å². The molecule has 0 spiro atoms. The average Bonchev–Trinajstić information content (AvgIpc) is 2.57. The van der Waals surface area contributed by atoms with Gasteiger partial charge in [0.25, 0.3) is 0 Å². The van der Waals surface area contributed by atoms with Gasteiger partial charge >= 0.3 is 0 Å². The molecule has 0 bridgehead atoms. The minimum absolute atomic E-state index is 0.390. The van der Waals surface area contributed by atoms with Crippen molar-refractivity contribution in [2.75, 3.05) is 11.9 Å². The number of anilines is 1. The van der Waals surface area contributed by atoms with Crippen LogP contribution in [0.5, 0.6) is 0 Å². The molecule has 16 heavy (non-hydrogen) atoms. The van der Waals surface area contributed by atoms with Crippen molar-refractivity contribution in [2.24, 2.45) is 0 Å². The first-order valence-electron chi connectivity index (χ1n) is 4.89. The normalized spacial score (nSPS) is 10.4. The van der Waals surface area contributed by atoms with Gasteiger partial charge in [0.1, 0.15) is 0 Å². The highest BCUT2D eigenvalue weighted by molar-refractivity contribution is 7.80. The first-order chi connectivity index (χ1) is 7.69. The molecule has 0 saturated heterocycles. The Bertz CT molecular complexity index is 523. The number of rotatable bonds is 2. The third-order valence-corrected chi connectivity index (χ3v) is 2.47. The molecule has 0 fully saturated rings. The molecule has 6 heteroatoms. The van der Waals surface area contributed by atoms with Gasteiger partial charge in [-0.15, -0.1) is 0 Å². The van der Waals surface area contributed by atoms with E-state index in [4.69, 9.17) is 23.8 Å². The van der Waals surface area contributed by atoms with E-state index in [2.05, 4.69) is 20.6 Å². The zero-order valence-corrected chi connectivity index (χ0v) is 10.2. The number of aromatic nitrogens is 2. The van der Waals surface area contributed by atoms with E-state index in [1.54, 1.807) is 0 Å². The second-order valence-corrected chi connectivity index (χ2v) is 4.01. The molecule has 2 rings (SSSR count). The average molecular weight is 255 g/mol. The van der Waals surface area contributed by atoms with Gasteiger partial charge in [0.05, 0.1) is 11.0 Å². The van der Waals surface area contributed by atoms with E-state index in [9.17, 15) is 0 Å². The van der Waals surface area contributed by atoms with Crippen molar-refractivity contribution in [3.05, 3.63) is 23.5 Å². The third-order valence-electron chi connectivity index (χ3n) is 2.05. The van der Waals surface area contributed by atoms with Crippen LogP contribution in [0.2, 0.25) is 5.28 Å². The van der Waals surface area contributed by atoms with Crippen LogP contribution in [0.4, 0.5) is 5.69 Å². The Hall–Kier alpha value is -1.33. The predicted octanol–water partition coefficient (Wildman–Crippen LogP) is 2.52. The minimum atomic E-state index is 0.390. The first-order valence-corrected chi connectivity index (χ1v) is 5.68. The fraction of sp³-hybridized carbons (Fsp3) is 0.200. The fourth-order valence-electron chi connectivity index (χ4n) is 1.39. The number of halogens is 1. The molecule has 0 unspecified atom stereocenters. The molecule has 0 aliphatic heterocycles. The Balaban J connectivity index is 2.22. The molecule has 2 aromatic rings. The molecule has 84 valence electrons. The Kier molecular flexibility index (Phi) is 3.26. The predicted molar refractivity (Wildman–Crippen MR) is 71.0 cm³/mol. The fourth-order valence-corrected chi connectivity index (χ4v) is 1.85. The van der Waals surface area contributed by atoms with Gasteiger partial charge in [-0.1, -0.05) is 0 Å². The van der Waals surface area contributed by atoms with E-state index < -0.39 is 0 Å². The minimum Gasteiger partial charge on any atom is -0.363 e. The Morgan fingerprint density at radius 1 is 1.56 bits per heavy atom. The van der Waals surface area contributed by atoms with Gasteiger partial charge in [-0.05, 0) is 48.9 Å². The summed E-state index contributed by atoms with van der Waals surface area (Å²) < 4.78 is 0. The molecule has 4 nitrogen and oxygen atoms in total. The van der Waals surface area contributed by atoms with Crippen LogP contribution >= 0.6 is 23.8 Å². The lowest BCUT2D eigenvalue weighted by molar-refractivity contribution is 0.979. The van der Waals surface area contributed by atoms with Crippen LogP contribution in [0.25, 0.3) is 11.0 Å². The van der Waals surface area contributed by atoms with Gasteiger partial charge in [0.2, 0.25) is 5.28 Å². The van der Waals surface area contributed by atoms with Crippen molar-refractivity contribution in [1.29, 1.82) is 0 Å². The number of hydrogen-bond acceptors (Lipinski definition) is 2. The van der Waals surface area contributed by atoms with Crippen LogP contribution in [-0.2, 0) is 0 Å². The maximum Gasteiger partial charge on any atom is 0.201 e. The molecular weight excluding hydrogens is 244 g/mol. The van der Waals surface area contributed by atoms with Crippen molar-refractivity contribution in [1.82, 2.24) is 15.3 Å². The van der Waals surface area contributed by atoms with Gasteiger partial charge < -0.3 is 15.6 Å². The van der Waals surface area contributed by atoms with Gasteiger partial charge in [0.15, 0.2) is 5.11 Å². The monoisotopic (exact) mass is 254 g/mol. The molecule has 1 aromatic heterocycles. The third kappa shape index (κ3) is 2.43. The summed E-state index contributed by atoms with van der Waals surface area (Å²) in [5.41, 5.74) is 2.62. The number of imidazole rings is 1. The second kappa shape index (κ2) is 4.67. The zero-order valence-electron chi connectivity index (χ0n) is 8.67. The number of thiocarbonyl (C=S) groups is 1. The number of benzene rings is 1. The Morgan fingerprint density at radius 2 is 2.38 bits per heavy atom. The number of H-pyrrole nitrogens is 1. The van der Waals surface area contributed by atoms with Gasteiger partial charge in [0, 0.05) is 12.2 Å². The molecule has 1 heterocycles. The smallest absolute Gasteiger partial charge is 0.201 e. The van der Waals surface area contributed by atoms with Crippen LogP contribution < -0.4 is 10.6 Å². The van der Waals surface area contributed by atoms with Crippen molar-refractivity contribution >= 4 is 45.7 Å². The van der Waals surface area contributed by atoms with Crippen LogP contribution in [0.1, 0.15) is 6.92 Å². The summed E-state index contributed by atoms with van der Waals surface area (Å²) in [6, 6.07) is 5.70. The van der Waals surface area contributed by atoms with E-state index >= 15 is 0 Å². The lowest BCUT2D eigenvalue weighted by Gasteiger charge is -2.08. The summed E-state index contributed by atoms with van der Waals surface area (Å²) in [5, 5.41) is 7.08. The molecule has 0 aliphatic rings.